The molecule has 3 rings (SSSR count). The number of phenols is 2. The second-order valence-electron chi connectivity index (χ2n) is 5.54. The summed E-state index contributed by atoms with van der Waals surface area (Å²) in [6.45, 7) is 5.60. The summed E-state index contributed by atoms with van der Waals surface area (Å²) in [5.41, 5.74) is 2.27. The topological polar surface area (TPSA) is 65.0 Å². The number of morpholine rings is 1. The molecule has 0 aromatic heterocycles. The summed E-state index contributed by atoms with van der Waals surface area (Å²) in [6.07, 6.45) is 1.91. The Balaban J connectivity index is 0.00000121. The molecular formula is C15H24Br2N2O3. The number of fused-ring (bicyclic) bond motifs is 1. The maximum absolute atomic E-state index is 9.71. The quantitative estimate of drug-likeness (QED) is 0.630. The molecule has 1 fully saturated rings. The number of benzene rings is 1. The highest BCUT2D eigenvalue weighted by molar-refractivity contribution is 8.93. The van der Waals surface area contributed by atoms with Crippen molar-refractivity contribution in [2.75, 3.05) is 39.4 Å². The van der Waals surface area contributed by atoms with Crippen molar-refractivity contribution in [2.45, 2.75) is 18.9 Å². The predicted molar refractivity (Wildman–Crippen MR) is 96.7 cm³/mol. The maximum atomic E-state index is 9.71. The lowest BCUT2D eigenvalue weighted by atomic mass is 9.91. The molecule has 1 saturated heterocycles. The van der Waals surface area contributed by atoms with Gasteiger partial charge < -0.3 is 20.3 Å². The highest BCUT2D eigenvalue weighted by Crippen LogP contribution is 2.34. The van der Waals surface area contributed by atoms with E-state index in [0.717, 1.165) is 63.4 Å². The minimum absolute atomic E-state index is 0. The van der Waals surface area contributed by atoms with Gasteiger partial charge >= 0.3 is 0 Å². The zero-order valence-corrected chi connectivity index (χ0v) is 15.9. The molecule has 1 aromatic carbocycles. The predicted octanol–water partition coefficient (Wildman–Crippen LogP) is 2.16. The fraction of sp³-hybridized carbons (Fsp3) is 0.600. The lowest BCUT2D eigenvalue weighted by Crippen LogP contribution is -2.39. The molecule has 0 saturated carbocycles. The van der Waals surface area contributed by atoms with Crippen molar-refractivity contribution in [3.8, 4) is 11.5 Å². The monoisotopic (exact) mass is 438 g/mol. The van der Waals surface area contributed by atoms with Gasteiger partial charge in [-0.05, 0) is 42.6 Å². The zero-order chi connectivity index (χ0) is 13.9. The first-order valence-corrected chi connectivity index (χ1v) is 7.32. The summed E-state index contributed by atoms with van der Waals surface area (Å²) >= 11 is 0. The third-order valence-corrected chi connectivity index (χ3v) is 4.23. The van der Waals surface area contributed by atoms with Crippen molar-refractivity contribution in [2.24, 2.45) is 0 Å². The van der Waals surface area contributed by atoms with Crippen LogP contribution in [0.3, 0.4) is 0 Å². The van der Waals surface area contributed by atoms with Crippen LogP contribution in [0.2, 0.25) is 0 Å². The lowest BCUT2D eigenvalue weighted by molar-refractivity contribution is 0.0360. The second-order valence-corrected chi connectivity index (χ2v) is 5.54. The SMILES string of the molecule is Br.Br.Oc1cc2c(cc1O)C(CCN1CCOCC1)NCC2. The van der Waals surface area contributed by atoms with Crippen LogP contribution < -0.4 is 5.32 Å². The summed E-state index contributed by atoms with van der Waals surface area (Å²) in [5.74, 6) is -0.0404. The van der Waals surface area contributed by atoms with Crippen molar-refractivity contribution in [1.82, 2.24) is 10.2 Å². The highest BCUT2D eigenvalue weighted by atomic mass is 79.9. The number of phenolic OH excluding ortho intramolecular Hbond substituents is 2. The van der Waals surface area contributed by atoms with Gasteiger partial charge in [-0.3, -0.25) is 4.90 Å². The van der Waals surface area contributed by atoms with Crippen LogP contribution >= 0.6 is 34.0 Å². The van der Waals surface area contributed by atoms with Gasteiger partial charge in [-0.1, -0.05) is 0 Å². The van der Waals surface area contributed by atoms with Crippen LogP contribution in [0.5, 0.6) is 11.5 Å². The summed E-state index contributed by atoms with van der Waals surface area (Å²) in [6, 6.07) is 3.67. The van der Waals surface area contributed by atoms with E-state index in [9.17, 15) is 10.2 Å². The van der Waals surface area contributed by atoms with E-state index in [0.29, 0.717) is 0 Å². The number of rotatable bonds is 3. The maximum Gasteiger partial charge on any atom is 0.157 e. The fourth-order valence-corrected chi connectivity index (χ4v) is 3.06. The molecule has 1 aromatic rings. The average molecular weight is 440 g/mol. The van der Waals surface area contributed by atoms with E-state index in [-0.39, 0.29) is 51.5 Å². The Hall–Kier alpha value is -0.340. The molecule has 0 aliphatic carbocycles. The number of hydrogen-bond acceptors (Lipinski definition) is 5. The van der Waals surface area contributed by atoms with Gasteiger partial charge in [0.2, 0.25) is 0 Å². The largest absolute Gasteiger partial charge is 0.504 e. The fourth-order valence-electron chi connectivity index (χ4n) is 3.06. The highest BCUT2D eigenvalue weighted by Gasteiger charge is 2.22. The molecule has 22 heavy (non-hydrogen) atoms. The normalized spacial score (nSPS) is 21.4. The minimum atomic E-state index is -0.0242. The van der Waals surface area contributed by atoms with E-state index in [1.54, 1.807) is 12.1 Å². The number of aromatic hydroxyl groups is 2. The van der Waals surface area contributed by atoms with Gasteiger partial charge in [0.25, 0.3) is 0 Å². The smallest absolute Gasteiger partial charge is 0.157 e. The first-order valence-electron chi connectivity index (χ1n) is 7.32. The minimum Gasteiger partial charge on any atom is -0.504 e. The summed E-state index contributed by atoms with van der Waals surface area (Å²) in [7, 11) is 0. The van der Waals surface area contributed by atoms with Crippen LogP contribution in [0, 0.1) is 0 Å². The molecule has 2 heterocycles. The molecule has 5 nitrogen and oxygen atoms in total. The van der Waals surface area contributed by atoms with Crippen LogP contribution in [0.1, 0.15) is 23.6 Å². The Kier molecular flexibility index (Phi) is 8.13. The summed E-state index contributed by atoms with van der Waals surface area (Å²) in [5, 5.41) is 22.8. The second kappa shape index (κ2) is 9.08. The molecule has 0 spiro atoms. The Morgan fingerprint density at radius 2 is 1.82 bits per heavy atom. The van der Waals surface area contributed by atoms with Gasteiger partial charge in [-0.2, -0.15) is 0 Å². The number of nitrogens with zero attached hydrogens (tertiary/aromatic N) is 1. The van der Waals surface area contributed by atoms with Gasteiger partial charge in [-0.15, -0.1) is 34.0 Å². The van der Waals surface area contributed by atoms with E-state index >= 15 is 0 Å². The van der Waals surface area contributed by atoms with Crippen molar-refractivity contribution >= 4 is 34.0 Å². The number of halogens is 2. The molecular weight excluding hydrogens is 416 g/mol. The molecule has 1 unspecified atom stereocenters. The third kappa shape index (κ3) is 4.58. The molecule has 126 valence electrons. The van der Waals surface area contributed by atoms with Gasteiger partial charge in [0.05, 0.1) is 13.2 Å². The van der Waals surface area contributed by atoms with Crippen molar-refractivity contribution in [1.29, 1.82) is 0 Å². The average Bonchev–Trinajstić information content (AvgIpc) is 2.47. The summed E-state index contributed by atoms with van der Waals surface area (Å²) < 4.78 is 5.36. The van der Waals surface area contributed by atoms with Crippen LogP contribution in [-0.2, 0) is 11.2 Å². The van der Waals surface area contributed by atoms with E-state index in [2.05, 4.69) is 10.2 Å². The molecule has 7 heteroatoms. The van der Waals surface area contributed by atoms with Gasteiger partial charge in [0.15, 0.2) is 11.5 Å². The van der Waals surface area contributed by atoms with E-state index in [1.165, 1.54) is 0 Å². The molecule has 2 aliphatic heterocycles. The number of hydrogen-bond donors (Lipinski definition) is 3. The molecule has 3 N–H and O–H groups in total. The third-order valence-electron chi connectivity index (χ3n) is 4.23. The molecule has 0 amide bonds. The van der Waals surface area contributed by atoms with Gasteiger partial charge in [0, 0.05) is 25.7 Å². The van der Waals surface area contributed by atoms with Crippen molar-refractivity contribution < 1.29 is 14.9 Å². The van der Waals surface area contributed by atoms with E-state index in [1.807, 2.05) is 0 Å². The first-order chi connectivity index (χ1) is 9.74. The van der Waals surface area contributed by atoms with Gasteiger partial charge in [-0.25, -0.2) is 0 Å². The van der Waals surface area contributed by atoms with Gasteiger partial charge in [0.1, 0.15) is 0 Å². The molecule has 0 radical (unpaired) electrons. The Bertz CT molecular complexity index is 482. The number of nitrogens with one attached hydrogen (secondary N) is 1. The molecule has 1 atom stereocenters. The lowest BCUT2D eigenvalue weighted by Gasteiger charge is -2.31. The Labute approximate surface area is 152 Å². The van der Waals surface area contributed by atoms with E-state index in [4.69, 9.17) is 4.74 Å². The summed E-state index contributed by atoms with van der Waals surface area (Å²) in [4.78, 5) is 2.42. The van der Waals surface area contributed by atoms with Crippen LogP contribution in [0.25, 0.3) is 0 Å². The Morgan fingerprint density at radius 1 is 1.14 bits per heavy atom. The van der Waals surface area contributed by atoms with E-state index < -0.39 is 0 Å². The zero-order valence-electron chi connectivity index (χ0n) is 12.5. The van der Waals surface area contributed by atoms with Crippen LogP contribution in [-0.4, -0.2) is 54.5 Å². The van der Waals surface area contributed by atoms with Crippen LogP contribution in [0.4, 0.5) is 0 Å². The van der Waals surface area contributed by atoms with Crippen molar-refractivity contribution in [3.63, 3.8) is 0 Å². The standard InChI is InChI=1S/C15H22N2O3.2BrH/c18-14-9-11-1-3-16-13(12(11)10-15(14)19)2-4-17-5-7-20-8-6-17;;/h9-10,13,16,18-19H,1-8H2;2*1H. The number of ether oxygens (including phenoxy) is 1. The first kappa shape index (κ1) is 19.7. The molecule has 2 aliphatic rings. The molecule has 0 bridgehead atoms. The van der Waals surface area contributed by atoms with Crippen molar-refractivity contribution in [3.05, 3.63) is 23.3 Å². The van der Waals surface area contributed by atoms with Crippen LogP contribution in [0.15, 0.2) is 12.1 Å². The Morgan fingerprint density at radius 3 is 2.55 bits per heavy atom.